The van der Waals surface area contributed by atoms with E-state index >= 15 is 0 Å². The molecule has 2 heterocycles. The molecule has 0 saturated carbocycles. The number of anilines is 1. The molecule has 1 aliphatic rings. The molecule has 2 aromatic carbocycles. The molecule has 4 rings (SSSR count). The Hall–Kier alpha value is -3.56. The minimum atomic E-state index is -4.38. The number of benzene rings is 2. The Bertz CT molecular complexity index is 1280. The first kappa shape index (κ1) is 21.7. The molecule has 7 nitrogen and oxygen atoms in total. The summed E-state index contributed by atoms with van der Waals surface area (Å²) in [4.78, 5) is 41.6. The molecule has 32 heavy (non-hydrogen) atoms. The Morgan fingerprint density at radius 2 is 1.88 bits per heavy atom. The monoisotopic (exact) mass is 446 g/mol. The molecule has 0 spiro atoms. The van der Waals surface area contributed by atoms with Crippen LogP contribution in [0.2, 0.25) is 0 Å². The summed E-state index contributed by atoms with van der Waals surface area (Å²) in [5.74, 6) is -0.355. The molecule has 1 aromatic heterocycles. The lowest BCUT2D eigenvalue weighted by Crippen LogP contribution is -2.37. The number of nitrogens with zero attached hydrogens (tertiary/aromatic N) is 2. The molecule has 168 valence electrons. The number of hydrogen-bond donors (Lipinski definition) is 2. The Morgan fingerprint density at radius 3 is 2.53 bits per heavy atom. The van der Waals surface area contributed by atoms with Crippen molar-refractivity contribution in [2.45, 2.75) is 32.1 Å². The van der Waals surface area contributed by atoms with Crippen molar-refractivity contribution in [2.75, 3.05) is 18.0 Å². The van der Waals surface area contributed by atoms with Gasteiger partial charge in [0.1, 0.15) is 0 Å². The number of alkyl halides is 3. The van der Waals surface area contributed by atoms with Gasteiger partial charge in [0.2, 0.25) is 0 Å². The van der Waals surface area contributed by atoms with Crippen LogP contribution < -0.4 is 21.5 Å². The van der Waals surface area contributed by atoms with Crippen LogP contribution >= 0.6 is 0 Å². The Morgan fingerprint density at radius 1 is 1.16 bits per heavy atom. The molecule has 1 saturated heterocycles. The van der Waals surface area contributed by atoms with E-state index in [1.165, 1.54) is 30.3 Å². The lowest BCUT2D eigenvalue weighted by atomic mass is 10.1. The Balaban J connectivity index is 1.46. The first-order chi connectivity index (χ1) is 15.2. The highest BCUT2D eigenvalue weighted by molar-refractivity contribution is 5.97. The van der Waals surface area contributed by atoms with E-state index in [0.29, 0.717) is 36.1 Å². The number of carbonyl (C=O) groups excluding carboxylic acids is 1. The van der Waals surface area contributed by atoms with Crippen molar-refractivity contribution in [3.8, 4) is 0 Å². The standard InChI is InChI=1S/C22H21F3N4O3/c1-2-29-20(31)17-8-3-13(11-18(17)27-21(29)32)19(30)26-15-9-10-28(12-15)16-6-4-14(5-7-16)22(23,24)25/h3-8,11,15H,2,9-10,12H2,1H3,(H,26,30)(H,27,32). The number of hydrogen-bond acceptors (Lipinski definition) is 4. The second-order valence-electron chi connectivity index (χ2n) is 7.69. The summed E-state index contributed by atoms with van der Waals surface area (Å²) >= 11 is 0. The quantitative estimate of drug-likeness (QED) is 0.645. The van der Waals surface area contributed by atoms with Crippen molar-refractivity contribution in [3.63, 3.8) is 0 Å². The number of aromatic nitrogens is 2. The summed E-state index contributed by atoms with van der Waals surface area (Å²) in [5, 5.41) is 3.23. The van der Waals surface area contributed by atoms with Crippen LogP contribution in [0, 0.1) is 0 Å². The molecular formula is C22H21F3N4O3. The van der Waals surface area contributed by atoms with Gasteiger partial charge in [-0.05, 0) is 55.8 Å². The minimum absolute atomic E-state index is 0.187. The van der Waals surface area contributed by atoms with Gasteiger partial charge in [-0.1, -0.05) is 0 Å². The van der Waals surface area contributed by atoms with Crippen molar-refractivity contribution in [1.29, 1.82) is 0 Å². The maximum atomic E-state index is 12.7. The maximum absolute atomic E-state index is 12.7. The predicted octanol–water partition coefficient (Wildman–Crippen LogP) is 2.74. The summed E-state index contributed by atoms with van der Waals surface area (Å²) in [5.41, 5.74) is -0.410. The lowest BCUT2D eigenvalue weighted by Gasteiger charge is -2.20. The van der Waals surface area contributed by atoms with Gasteiger partial charge in [0.25, 0.3) is 11.5 Å². The van der Waals surface area contributed by atoms with Gasteiger partial charge in [-0.25, -0.2) is 4.79 Å². The third kappa shape index (κ3) is 4.12. The van der Waals surface area contributed by atoms with E-state index < -0.39 is 23.0 Å². The summed E-state index contributed by atoms with van der Waals surface area (Å²) < 4.78 is 39.3. The molecule has 1 aliphatic heterocycles. The van der Waals surface area contributed by atoms with Crippen molar-refractivity contribution >= 4 is 22.5 Å². The van der Waals surface area contributed by atoms with E-state index in [1.807, 2.05) is 4.90 Å². The number of nitrogens with one attached hydrogen (secondary N) is 2. The highest BCUT2D eigenvalue weighted by Gasteiger charge is 2.31. The molecule has 1 amide bonds. The fourth-order valence-electron chi connectivity index (χ4n) is 3.93. The first-order valence-electron chi connectivity index (χ1n) is 10.2. The maximum Gasteiger partial charge on any atom is 0.416 e. The largest absolute Gasteiger partial charge is 0.416 e. The van der Waals surface area contributed by atoms with E-state index in [4.69, 9.17) is 0 Å². The number of fused-ring (bicyclic) bond motifs is 1. The summed E-state index contributed by atoms with van der Waals surface area (Å²) in [6.45, 7) is 2.99. The summed E-state index contributed by atoms with van der Waals surface area (Å²) in [6, 6.07) is 9.26. The van der Waals surface area contributed by atoms with Gasteiger partial charge in [0.15, 0.2) is 0 Å². The second-order valence-corrected chi connectivity index (χ2v) is 7.69. The van der Waals surface area contributed by atoms with Crippen LogP contribution in [0.4, 0.5) is 18.9 Å². The van der Waals surface area contributed by atoms with Crippen molar-refractivity contribution < 1.29 is 18.0 Å². The van der Waals surface area contributed by atoms with Crippen LogP contribution in [0.1, 0.15) is 29.3 Å². The van der Waals surface area contributed by atoms with E-state index in [0.717, 1.165) is 16.7 Å². The Labute approximate surface area is 180 Å². The SMILES string of the molecule is CCn1c(=O)[nH]c2cc(C(=O)NC3CCN(c4ccc(C(F)(F)F)cc4)C3)ccc2c1=O. The summed E-state index contributed by atoms with van der Waals surface area (Å²) in [6.07, 6.45) is -3.74. The number of amides is 1. The smallest absolute Gasteiger partial charge is 0.369 e. The predicted molar refractivity (Wildman–Crippen MR) is 114 cm³/mol. The van der Waals surface area contributed by atoms with Gasteiger partial charge in [0, 0.05) is 36.9 Å². The van der Waals surface area contributed by atoms with E-state index in [-0.39, 0.29) is 24.0 Å². The zero-order valence-corrected chi connectivity index (χ0v) is 17.2. The van der Waals surface area contributed by atoms with Crippen LogP contribution in [0.25, 0.3) is 10.9 Å². The third-order valence-corrected chi connectivity index (χ3v) is 5.64. The number of rotatable bonds is 4. The molecular weight excluding hydrogens is 425 g/mol. The molecule has 0 aliphatic carbocycles. The average Bonchev–Trinajstić information content (AvgIpc) is 3.21. The van der Waals surface area contributed by atoms with Crippen LogP contribution in [-0.2, 0) is 12.7 Å². The van der Waals surface area contributed by atoms with Gasteiger partial charge < -0.3 is 15.2 Å². The molecule has 2 N–H and O–H groups in total. The van der Waals surface area contributed by atoms with Gasteiger partial charge >= 0.3 is 11.9 Å². The van der Waals surface area contributed by atoms with Crippen LogP contribution in [0.5, 0.6) is 0 Å². The molecule has 0 bridgehead atoms. The number of aromatic amines is 1. The molecule has 1 atom stereocenters. The van der Waals surface area contributed by atoms with Crippen LogP contribution in [0.15, 0.2) is 52.1 Å². The van der Waals surface area contributed by atoms with E-state index in [1.54, 1.807) is 6.92 Å². The minimum Gasteiger partial charge on any atom is -0.369 e. The van der Waals surface area contributed by atoms with E-state index in [2.05, 4.69) is 10.3 Å². The normalized spacial score (nSPS) is 16.5. The van der Waals surface area contributed by atoms with E-state index in [9.17, 15) is 27.6 Å². The molecule has 10 heteroatoms. The fraction of sp³-hybridized carbons (Fsp3) is 0.318. The first-order valence-corrected chi connectivity index (χ1v) is 10.2. The third-order valence-electron chi connectivity index (χ3n) is 5.64. The lowest BCUT2D eigenvalue weighted by molar-refractivity contribution is -0.137. The second kappa shape index (κ2) is 8.18. The number of H-pyrrole nitrogens is 1. The van der Waals surface area contributed by atoms with Crippen LogP contribution in [0.3, 0.4) is 0 Å². The topological polar surface area (TPSA) is 87.2 Å². The zero-order chi connectivity index (χ0) is 23.0. The molecule has 3 aromatic rings. The van der Waals surface area contributed by atoms with Crippen LogP contribution in [-0.4, -0.2) is 34.6 Å². The highest BCUT2D eigenvalue weighted by Crippen LogP contribution is 2.31. The van der Waals surface area contributed by atoms with Crippen molar-refractivity contribution in [3.05, 3.63) is 74.4 Å². The summed E-state index contributed by atoms with van der Waals surface area (Å²) in [7, 11) is 0. The molecule has 1 unspecified atom stereocenters. The van der Waals surface area contributed by atoms with Gasteiger partial charge in [-0.15, -0.1) is 0 Å². The number of halogens is 3. The average molecular weight is 446 g/mol. The van der Waals surface area contributed by atoms with Gasteiger partial charge in [0.05, 0.1) is 16.5 Å². The zero-order valence-electron chi connectivity index (χ0n) is 17.2. The van der Waals surface area contributed by atoms with Crippen molar-refractivity contribution in [1.82, 2.24) is 14.9 Å². The highest BCUT2D eigenvalue weighted by atomic mass is 19.4. The van der Waals surface area contributed by atoms with Gasteiger partial charge in [-0.3, -0.25) is 14.2 Å². The molecule has 0 radical (unpaired) electrons. The van der Waals surface area contributed by atoms with Gasteiger partial charge in [-0.2, -0.15) is 13.2 Å². The Kier molecular flexibility index (Phi) is 5.53. The molecule has 1 fully saturated rings. The number of carbonyl (C=O) groups is 1. The van der Waals surface area contributed by atoms with Crippen molar-refractivity contribution in [2.24, 2.45) is 0 Å². The fourth-order valence-corrected chi connectivity index (χ4v) is 3.93.